The summed E-state index contributed by atoms with van der Waals surface area (Å²) >= 11 is 0. The second-order valence-corrected chi connectivity index (χ2v) is 4.88. The van der Waals surface area contributed by atoms with Crippen LogP contribution in [0, 0.1) is 6.92 Å². The zero-order chi connectivity index (χ0) is 11.5. The van der Waals surface area contributed by atoms with E-state index >= 15 is 0 Å². The summed E-state index contributed by atoms with van der Waals surface area (Å²) in [6, 6.07) is 9.07. The molecule has 2 unspecified atom stereocenters. The molecule has 0 radical (unpaired) electrons. The van der Waals surface area contributed by atoms with Crippen LogP contribution >= 0.6 is 0 Å². The number of aliphatic hydroxyl groups excluding tert-OH is 1. The molecule has 1 N–H and O–H groups in total. The lowest BCUT2D eigenvalue weighted by molar-refractivity contribution is 0.0503. The van der Waals surface area contributed by atoms with Crippen LogP contribution in [0.1, 0.15) is 36.9 Å². The Morgan fingerprint density at radius 1 is 1.44 bits per heavy atom. The number of aryl methyl sites for hydroxylation is 1. The van der Waals surface area contributed by atoms with Crippen LogP contribution in [-0.4, -0.2) is 29.2 Å². The first-order valence-corrected chi connectivity index (χ1v) is 6.15. The van der Waals surface area contributed by atoms with Gasteiger partial charge in [-0.2, -0.15) is 0 Å². The second-order valence-electron chi connectivity index (χ2n) is 4.88. The lowest BCUT2D eigenvalue weighted by Crippen LogP contribution is -2.39. The predicted molar refractivity (Wildman–Crippen MR) is 66.4 cm³/mol. The highest BCUT2D eigenvalue weighted by molar-refractivity contribution is 5.24. The maximum Gasteiger partial charge on any atom is 0.0667 e. The molecule has 0 amide bonds. The van der Waals surface area contributed by atoms with Gasteiger partial charge in [-0.1, -0.05) is 29.8 Å². The molecule has 16 heavy (non-hydrogen) atoms. The fourth-order valence-corrected chi connectivity index (χ4v) is 2.48. The van der Waals surface area contributed by atoms with Crippen LogP contribution in [0.5, 0.6) is 0 Å². The summed E-state index contributed by atoms with van der Waals surface area (Å²) in [4.78, 5) is 2.38. The van der Waals surface area contributed by atoms with Gasteiger partial charge in [0.05, 0.1) is 6.10 Å². The van der Waals surface area contributed by atoms with Gasteiger partial charge >= 0.3 is 0 Å². The summed E-state index contributed by atoms with van der Waals surface area (Å²) in [6.45, 7) is 6.27. The smallest absolute Gasteiger partial charge is 0.0667 e. The Morgan fingerprint density at radius 2 is 2.25 bits per heavy atom. The maximum atomic E-state index is 9.69. The van der Waals surface area contributed by atoms with Gasteiger partial charge in [-0.15, -0.1) is 0 Å². The minimum atomic E-state index is -0.138. The molecule has 2 heteroatoms. The van der Waals surface area contributed by atoms with Gasteiger partial charge in [-0.3, -0.25) is 4.90 Å². The van der Waals surface area contributed by atoms with E-state index in [9.17, 15) is 5.11 Å². The largest absolute Gasteiger partial charge is 0.392 e. The average molecular weight is 219 g/mol. The van der Waals surface area contributed by atoms with Crippen LogP contribution in [0.25, 0.3) is 0 Å². The molecule has 1 aliphatic heterocycles. The van der Waals surface area contributed by atoms with Gasteiger partial charge in [-0.05, 0) is 38.8 Å². The SMILES string of the molecule is Cc1cccc(C(C)N2CCCC(O)C2)c1. The Hall–Kier alpha value is -0.860. The Labute approximate surface area is 97.9 Å². The molecule has 1 aromatic carbocycles. The second kappa shape index (κ2) is 4.98. The number of nitrogens with zero attached hydrogens (tertiary/aromatic N) is 1. The van der Waals surface area contributed by atoms with Crippen molar-refractivity contribution in [2.45, 2.75) is 38.8 Å². The molecule has 0 spiro atoms. The van der Waals surface area contributed by atoms with Crippen molar-refractivity contribution in [1.29, 1.82) is 0 Å². The molecule has 0 aliphatic carbocycles. The molecular formula is C14H21NO. The highest BCUT2D eigenvalue weighted by atomic mass is 16.3. The summed E-state index contributed by atoms with van der Waals surface area (Å²) in [6.07, 6.45) is 1.93. The van der Waals surface area contributed by atoms with Gasteiger partial charge in [0, 0.05) is 12.6 Å². The number of rotatable bonds is 2. The number of hydrogen-bond acceptors (Lipinski definition) is 2. The molecule has 1 aliphatic rings. The fraction of sp³-hybridized carbons (Fsp3) is 0.571. The minimum Gasteiger partial charge on any atom is -0.392 e. The first kappa shape index (κ1) is 11.6. The van der Waals surface area contributed by atoms with Crippen LogP contribution in [0.15, 0.2) is 24.3 Å². The van der Waals surface area contributed by atoms with Crippen LogP contribution in [-0.2, 0) is 0 Å². The van der Waals surface area contributed by atoms with Gasteiger partial charge in [0.25, 0.3) is 0 Å². The normalized spacial score (nSPS) is 24.3. The van der Waals surface area contributed by atoms with Crippen molar-refractivity contribution in [2.24, 2.45) is 0 Å². The number of hydrogen-bond donors (Lipinski definition) is 1. The molecule has 1 aromatic rings. The molecule has 0 aromatic heterocycles. The zero-order valence-corrected chi connectivity index (χ0v) is 10.2. The summed E-state index contributed by atoms with van der Waals surface area (Å²) in [7, 11) is 0. The first-order valence-electron chi connectivity index (χ1n) is 6.15. The van der Waals surface area contributed by atoms with E-state index in [-0.39, 0.29) is 6.10 Å². The molecule has 0 saturated carbocycles. The van der Waals surface area contributed by atoms with E-state index in [0.717, 1.165) is 25.9 Å². The quantitative estimate of drug-likeness (QED) is 0.826. The number of aliphatic hydroxyl groups is 1. The molecule has 2 nitrogen and oxygen atoms in total. The van der Waals surface area contributed by atoms with E-state index in [0.29, 0.717) is 6.04 Å². The van der Waals surface area contributed by atoms with Crippen molar-refractivity contribution in [2.75, 3.05) is 13.1 Å². The Kier molecular flexibility index (Phi) is 3.62. The van der Waals surface area contributed by atoms with E-state index in [1.807, 2.05) is 0 Å². The van der Waals surface area contributed by atoms with Gasteiger partial charge in [0.2, 0.25) is 0 Å². The van der Waals surface area contributed by atoms with Crippen molar-refractivity contribution in [1.82, 2.24) is 4.90 Å². The third-order valence-corrected chi connectivity index (χ3v) is 3.50. The van der Waals surface area contributed by atoms with Crippen LogP contribution < -0.4 is 0 Å². The molecular weight excluding hydrogens is 198 g/mol. The molecule has 1 saturated heterocycles. The van der Waals surface area contributed by atoms with Crippen molar-refractivity contribution in [3.8, 4) is 0 Å². The summed E-state index contributed by atoms with van der Waals surface area (Å²) < 4.78 is 0. The Morgan fingerprint density at radius 3 is 2.94 bits per heavy atom. The standard InChI is InChI=1S/C14H21NO/c1-11-5-3-6-13(9-11)12(2)15-8-4-7-14(16)10-15/h3,5-6,9,12,14,16H,4,7-8,10H2,1-2H3. The first-order chi connectivity index (χ1) is 7.66. The van der Waals surface area contributed by atoms with E-state index < -0.39 is 0 Å². The van der Waals surface area contributed by atoms with Crippen molar-refractivity contribution < 1.29 is 5.11 Å². The lowest BCUT2D eigenvalue weighted by Gasteiger charge is -2.35. The molecule has 0 bridgehead atoms. The number of piperidine rings is 1. The van der Waals surface area contributed by atoms with Gasteiger partial charge in [0.15, 0.2) is 0 Å². The summed E-state index contributed by atoms with van der Waals surface area (Å²) in [5.41, 5.74) is 2.66. The molecule has 2 atom stereocenters. The zero-order valence-electron chi connectivity index (χ0n) is 10.2. The highest BCUT2D eigenvalue weighted by Gasteiger charge is 2.22. The van der Waals surface area contributed by atoms with Crippen LogP contribution in [0.3, 0.4) is 0 Å². The predicted octanol–water partition coefficient (Wildman–Crippen LogP) is 2.51. The third-order valence-electron chi connectivity index (χ3n) is 3.50. The summed E-state index contributed by atoms with van der Waals surface area (Å²) in [5.74, 6) is 0. The molecule has 2 rings (SSSR count). The minimum absolute atomic E-state index is 0.138. The molecule has 1 heterocycles. The average Bonchev–Trinajstić information content (AvgIpc) is 2.28. The van der Waals surface area contributed by atoms with E-state index in [1.165, 1.54) is 11.1 Å². The monoisotopic (exact) mass is 219 g/mol. The van der Waals surface area contributed by atoms with Gasteiger partial charge in [0.1, 0.15) is 0 Å². The number of benzene rings is 1. The van der Waals surface area contributed by atoms with Gasteiger partial charge < -0.3 is 5.11 Å². The Balaban J connectivity index is 2.09. The van der Waals surface area contributed by atoms with E-state index in [2.05, 4.69) is 43.0 Å². The molecule has 88 valence electrons. The van der Waals surface area contributed by atoms with Crippen molar-refractivity contribution in [3.05, 3.63) is 35.4 Å². The fourth-order valence-electron chi connectivity index (χ4n) is 2.48. The van der Waals surface area contributed by atoms with Crippen LogP contribution in [0.2, 0.25) is 0 Å². The third kappa shape index (κ3) is 2.63. The lowest BCUT2D eigenvalue weighted by atomic mass is 10.0. The topological polar surface area (TPSA) is 23.5 Å². The number of β-amino-alcohol motifs (C(OH)–C–C–N with tert-alkyl or cyclic N) is 1. The highest BCUT2D eigenvalue weighted by Crippen LogP contribution is 2.24. The summed E-state index contributed by atoms with van der Waals surface area (Å²) in [5, 5.41) is 9.69. The van der Waals surface area contributed by atoms with E-state index in [4.69, 9.17) is 0 Å². The number of likely N-dealkylation sites (tertiary alicyclic amines) is 1. The Bertz CT molecular complexity index is 350. The van der Waals surface area contributed by atoms with Crippen LogP contribution in [0.4, 0.5) is 0 Å². The van der Waals surface area contributed by atoms with Crippen molar-refractivity contribution in [3.63, 3.8) is 0 Å². The maximum absolute atomic E-state index is 9.69. The van der Waals surface area contributed by atoms with Gasteiger partial charge in [-0.25, -0.2) is 0 Å². The molecule has 1 fully saturated rings. The van der Waals surface area contributed by atoms with Crippen molar-refractivity contribution >= 4 is 0 Å². The van der Waals surface area contributed by atoms with E-state index in [1.54, 1.807) is 0 Å².